The molecule has 2 N–H and O–H groups in total. The highest BCUT2D eigenvalue weighted by Crippen LogP contribution is 2.24. The van der Waals surface area contributed by atoms with Crippen LogP contribution in [0.2, 0.25) is 0 Å². The number of rotatable bonds is 6. The van der Waals surface area contributed by atoms with Crippen LogP contribution in [0.15, 0.2) is 54.6 Å². The Labute approximate surface area is 155 Å². The maximum Gasteiger partial charge on any atom is 0.387 e. The normalized spacial score (nSPS) is 14.7. The number of alkyl halides is 2. The molecule has 0 atom stereocenters. The molecule has 1 aliphatic heterocycles. The van der Waals surface area contributed by atoms with Gasteiger partial charge in [0.15, 0.2) is 0 Å². The lowest BCUT2D eigenvalue weighted by atomic mass is 9.99. The van der Waals surface area contributed by atoms with Gasteiger partial charge in [-0.3, -0.25) is 9.69 Å². The molecule has 0 fully saturated rings. The number of phenolic OH excluding ortho intramolecular Hbond substituents is 1. The number of anilines is 1. The van der Waals surface area contributed by atoms with Gasteiger partial charge in [-0.15, -0.1) is 0 Å². The van der Waals surface area contributed by atoms with Gasteiger partial charge in [-0.2, -0.15) is 8.78 Å². The summed E-state index contributed by atoms with van der Waals surface area (Å²) in [5.74, 6) is 0.118. The fraction of sp³-hybridized carbons (Fsp3) is 0.250. The highest BCUT2D eigenvalue weighted by molar-refractivity contribution is 5.92. The first-order valence-corrected chi connectivity index (χ1v) is 8.55. The molecule has 0 spiro atoms. The monoisotopic (exact) mass is 374 g/mol. The van der Waals surface area contributed by atoms with Gasteiger partial charge in [0.1, 0.15) is 11.5 Å². The number of hydrogen-bond acceptors (Lipinski definition) is 4. The fourth-order valence-electron chi connectivity index (χ4n) is 2.92. The summed E-state index contributed by atoms with van der Waals surface area (Å²) >= 11 is 0. The van der Waals surface area contributed by atoms with Gasteiger partial charge in [-0.1, -0.05) is 18.2 Å². The number of amides is 1. The summed E-state index contributed by atoms with van der Waals surface area (Å²) in [6.07, 6.45) is 2.90. The van der Waals surface area contributed by atoms with Crippen LogP contribution in [0.3, 0.4) is 0 Å². The zero-order valence-corrected chi connectivity index (χ0v) is 14.6. The Morgan fingerprint density at radius 1 is 1.15 bits per heavy atom. The number of ether oxygens (including phenoxy) is 1. The zero-order chi connectivity index (χ0) is 19.2. The molecular formula is C20H20F2N2O3. The van der Waals surface area contributed by atoms with Crippen LogP contribution in [0.1, 0.15) is 12.0 Å². The second-order valence-electron chi connectivity index (χ2n) is 6.21. The summed E-state index contributed by atoms with van der Waals surface area (Å²) in [7, 11) is 0. The quantitative estimate of drug-likeness (QED) is 0.809. The lowest BCUT2D eigenvalue weighted by Gasteiger charge is -2.26. The van der Waals surface area contributed by atoms with Gasteiger partial charge in [0.2, 0.25) is 5.91 Å². The predicted octanol–water partition coefficient (Wildman–Crippen LogP) is 3.72. The van der Waals surface area contributed by atoms with Crippen LogP contribution in [-0.4, -0.2) is 42.2 Å². The predicted molar refractivity (Wildman–Crippen MR) is 98.8 cm³/mol. The molecule has 0 saturated heterocycles. The number of aromatic hydroxyl groups is 1. The van der Waals surface area contributed by atoms with E-state index in [2.05, 4.69) is 16.1 Å². The molecule has 2 aromatic rings. The van der Waals surface area contributed by atoms with Crippen molar-refractivity contribution in [3.63, 3.8) is 0 Å². The van der Waals surface area contributed by atoms with Crippen molar-refractivity contribution in [3.8, 4) is 11.5 Å². The smallest absolute Gasteiger partial charge is 0.387 e. The molecule has 5 nitrogen and oxygen atoms in total. The summed E-state index contributed by atoms with van der Waals surface area (Å²) in [5, 5.41) is 12.1. The number of carbonyl (C=O) groups is 1. The van der Waals surface area contributed by atoms with Crippen LogP contribution in [0.25, 0.3) is 5.57 Å². The van der Waals surface area contributed by atoms with E-state index in [-0.39, 0.29) is 24.0 Å². The highest BCUT2D eigenvalue weighted by atomic mass is 19.3. The van der Waals surface area contributed by atoms with E-state index < -0.39 is 6.61 Å². The van der Waals surface area contributed by atoms with Gasteiger partial charge in [-0.25, -0.2) is 0 Å². The first-order valence-electron chi connectivity index (χ1n) is 8.55. The SMILES string of the molecule is O=C(CN1CC=C(c2ccc(O)cc2)CC1)Nc1ccc(OC(F)F)cc1. The minimum absolute atomic E-state index is 0.0472. The van der Waals surface area contributed by atoms with Gasteiger partial charge >= 0.3 is 6.61 Å². The molecule has 3 rings (SSSR count). The van der Waals surface area contributed by atoms with E-state index in [1.165, 1.54) is 29.8 Å². The largest absolute Gasteiger partial charge is 0.508 e. The number of hydrogen-bond donors (Lipinski definition) is 2. The van der Waals surface area contributed by atoms with Crippen LogP contribution in [0.4, 0.5) is 14.5 Å². The first-order chi connectivity index (χ1) is 13.0. The Kier molecular flexibility index (Phi) is 6.03. The van der Waals surface area contributed by atoms with Crippen LogP contribution in [-0.2, 0) is 4.79 Å². The molecule has 0 unspecified atom stereocenters. The van der Waals surface area contributed by atoms with Crippen LogP contribution in [0, 0.1) is 0 Å². The molecule has 1 aliphatic rings. The van der Waals surface area contributed by atoms with Crippen LogP contribution < -0.4 is 10.1 Å². The third-order valence-corrected chi connectivity index (χ3v) is 4.26. The molecule has 1 amide bonds. The summed E-state index contributed by atoms with van der Waals surface area (Å²) in [4.78, 5) is 14.2. The van der Waals surface area contributed by atoms with Gasteiger partial charge in [0.25, 0.3) is 0 Å². The minimum atomic E-state index is -2.87. The third-order valence-electron chi connectivity index (χ3n) is 4.26. The summed E-state index contributed by atoms with van der Waals surface area (Å²) in [5.41, 5.74) is 2.79. The molecule has 142 valence electrons. The first kappa shape index (κ1) is 18.8. The maximum absolute atomic E-state index is 12.2. The van der Waals surface area contributed by atoms with E-state index in [0.717, 1.165) is 18.5 Å². The van der Waals surface area contributed by atoms with Crippen molar-refractivity contribution in [2.45, 2.75) is 13.0 Å². The molecule has 0 saturated carbocycles. The van der Waals surface area contributed by atoms with Gasteiger partial charge < -0.3 is 15.2 Å². The Balaban J connectivity index is 1.49. The van der Waals surface area contributed by atoms with Gasteiger partial charge in [-0.05, 0) is 54.0 Å². The van der Waals surface area contributed by atoms with E-state index in [1.807, 2.05) is 17.0 Å². The summed E-state index contributed by atoms with van der Waals surface area (Å²) in [6.45, 7) is -1.22. The molecule has 7 heteroatoms. The molecule has 2 aromatic carbocycles. The van der Waals surface area contributed by atoms with E-state index >= 15 is 0 Å². The van der Waals surface area contributed by atoms with E-state index in [1.54, 1.807) is 12.1 Å². The van der Waals surface area contributed by atoms with Crippen LogP contribution in [0.5, 0.6) is 11.5 Å². The van der Waals surface area contributed by atoms with Gasteiger partial charge in [0.05, 0.1) is 6.54 Å². The maximum atomic E-state index is 12.2. The summed E-state index contributed by atoms with van der Waals surface area (Å²) < 4.78 is 28.5. The standard InChI is InChI=1S/C20H20F2N2O3/c21-20(22)27-18-7-3-16(4-8-18)23-19(26)13-24-11-9-15(10-12-24)14-1-5-17(25)6-2-14/h1-9,20,25H,10-13H2,(H,23,26). The Morgan fingerprint density at radius 3 is 2.44 bits per heavy atom. The zero-order valence-electron chi connectivity index (χ0n) is 14.6. The second-order valence-corrected chi connectivity index (χ2v) is 6.21. The summed E-state index contributed by atoms with van der Waals surface area (Å²) in [6, 6.07) is 12.9. The topological polar surface area (TPSA) is 61.8 Å². The minimum Gasteiger partial charge on any atom is -0.508 e. The molecule has 0 aliphatic carbocycles. The number of halogens is 2. The molecular weight excluding hydrogens is 354 g/mol. The average molecular weight is 374 g/mol. The second kappa shape index (κ2) is 8.64. The third kappa shape index (κ3) is 5.52. The molecule has 1 heterocycles. The molecule has 0 bridgehead atoms. The molecule has 27 heavy (non-hydrogen) atoms. The Morgan fingerprint density at radius 2 is 1.85 bits per heavy atom. The van der Waals surface area contributed by atoms with Crippen molar-refractivity contribution in [2.75, 3.05) is 25.0 Å². The Hall–Kier alpha value is -2.93. The average Bonchev–Trinajstić information content (AvgIpc) is 2.64. The lowest BCUT2D eigenvalue weighted by molar-refractivity contribution is -0.117. The van der Waals surface area contributed by atoms with Crippen molar-refractivity contribution in [3.05, 3.63) is 60.2 Å². The highest BCUT2D eigenvalue weighted by Gasteiger charge is 2.16. The van der Waals surface area contributed by atoms with Crippen LogP contribution >= 0.6 is 0 Å². The van der Waals surface area contributed by atoms with Crippen molar-refractivity contribution < 1.29 is 23.4 Å². The van der Waals surface area contributed by atoms with Crippen molar-refractivity contribution >= 4 is 17.2 Å². The van der Waals surface area contributed by atoms with E-state index in [0.29, 0.717) is 12.2 Å². The fourth-order valence-corrected chi connectivity index (χ4v) is 2.92. The number of benzene rings is 2. The number of phenols is 1. The lowest BCUT2D eigenvalue weighted by Crippen LogP contribution is -2.36. The number of nitrogens with zero attached hydrogens (tertiary/aromatic N) is 1. The molecule has 0 radical (unpaired) electrons. The van der Waals surface area contributed by atoms with Crippen molar-refractivity contribution in [1.29, 1.82) is 0 Å². The van der Waals surface area contributed by atoms with Crippen molar-refractivity contribution in [1.82, 2.24) is 4.90 Å². The number of nitrogens with one attached hydrogen (secondary N) is 1. The Bertz CT molecular complexity index is 805. The van der Waals surface area contributed by atoms with E-state index in [9.17, 15) is 18.7 Å². The molecule has 0 aromatic heterocycles. The van der Waals surface area contributed by atoms with Crippen molar-refractivity contribution in [2.24, 2.45) is 0 Å². The number of carbonyl (C=O) groups excluding carboxylic acids is 1. The van der Waals surface area contributed by atoms with E-state index in [4.69, 9.17) is 0 Å². The van der Waals surface area contributed by atoms with Gasteiger partial charge in [0, 0.05) is 18.8 Å².